The van der Waals surface area contributed by atoms with E-state index in [-0.39, 0.29) is 0 Å². The van der Waals surface area contributed by atoms with Gasteiger partial charge in [-0.05, 0) is 38.3 Å². The fraction of sp³-hybridized carbons (Fsp3) is 0.467. The Balaban J connectivity index is 2.55. The minimum atomic E-state index is -5.73. The number of benzene rings is 2. The summed E-state index contributed by atoms with van der Waals surface area (Å²) in [7, 11) is -5.73. The third-order valence-electron chi connectivity index (χ3n) is 6.16. The van der Waals surface area contributed by atoms with E-state index in [0.717, 1.165) is 6.92 Å². The van der Waals surface area contributed by atoms with Crippen LogP contribution in [-0.4, -0.2) is 59.6 Å². The summed E-state index contributed by atoms with van der Waals surface area (Å²) in [4.78, 5) is 52.8. The molecule has 0 aliphatic heterocycles. The van der Waals surface area contributed by atoms with Crippen LogP contribution in [0.1, 0.15) is 59.1 Å². The van der Waals surface area contributed by atoms with Crippen LogP contribution in [0.4, 0.5) is 0 Å². The Bertz CT molecular complexity index is 1310. The lowest BCUT2D eigenvalue weighted by molar-refractivity contribution is -0.247. The van der Waals surface area contributed by atoms with Crippen molar-refractivity contribution in [2.75, 3.05) is 6.61 Å². The summed E-state index contributed by atoms with van der Waals surface area (Å²) in [5, 5.41) is 0. The van der Waals surface area contributed by atoms with E-state index in [1.165, 1.54) is 27.7 Å². The van der Waals surface area contributed by atoms with Crippen molar-refractivity contribution >= 4 is 34.0 Å². The molecule has 0 aliphatic rings. The molecule has 0 amide bonds. The molecule has 0 radical (unpaired) electrons. The smallest absolute Gasteiger partial charge is 0.380 e. The Hall–Kier alpha value is -3.81. The Labute approximate surface area is 251 Å². The standard InChI is InChI=1S/C30H38O12S/c1-7-21(2)24(31)41-29(6,25(32)42-28(3,4)5)40-20-30(43(35,36)37,26(33)38-18-22-14-10-8-11-15-22)27(34)39-19-23-16-12-9-13-17-23/h8-17,21H,7,18-20H2,1-6H3,(H,35,36,37). The molecule has 12 nitrogen and oxygen atoms in total. The molecule has 0 saturated heterocycles. The highest BCUT2D eigenvalue weighted by Gasteiger charge is 2.62. The highest BCUT2D eigenvalue weighted by molar-refractivity contribution is 7.89. The third-order valence-corrected chi connectivity index (χ3v) is 7.49. The van der Waals surface area contributed by atoms with Crippen LogP contribution >= 0.6 is 0 Å². The van der Waals surface area contributed by atoms with Crippen molar-refractivity contribution in [3.05, 3.63) is 71.8 Å². The minimum Gasteiger partial charge on any atom is -0.459 e. The van der Waals surface area contributed by atoms with Gasteiger partial charge in [0.25, 0.3) is 10.1 Å². The van der Waals surface area contributed by atoms with Gasteiger partial charge in [0.1, 0.15) is 18.8 Å². The summed E-state index contributed by atoms with van der Waals surface area (Å²) in [5.41, 5.74) is -0.257. The lowest BCUT2D eigenvalue weighted by Gasteiger charge is -2.34. The summed E-state index contributed by atoms with van der Waals surface area (Å²) >= 11 is 0. The quantitative estimate of drug-likeness (QED) is 0.107. The molecule has 2 unspecified atom stereocenters. The lowest BCUT2D eigenvalue weighted by Crippen LogP contribution is -2.60. The first kappa shape index (κ1) is 35.4. The van der Waals surface area contributed by atoms with Crippen molar-refractivity contribution in [2.45, 2.75) is 77.3 Å². The van der Waals surface area contributed by atoms with Crippen LogP contribution < -0.4 is 0 Å². The van der Waals surface area contributed by atoms with Gasteiger partial charge in [-0.15, -0.1) is 0 Å². The zero-order valence-electron chi connectivity index (χ0n) is 25.0. The normalized spacial score (nSPS) is 14.1. The van der Waals surface area contributed by atoms with Crippen LogP contribution in [0.3, 0.4) is 0 Å². The molecule has 0 bridgehead atoms. The summed E-state index contributed by atoms with van der Waals surface area (Å²) in [6.45, 7) is 6.20. The van der Waals surface area contributed by atoms with Gasteiger partial charge in [-0.2, -0.15) is 8.42 Å². The van der Waals surface area contributed by atoms with Gasteiger partial charge in [0.2, 0.25) is 0 Å². The first-order chi connectivity index (χ1) is 19.9. The maximum atomic E-state index is 13.5. The zero-order valence-corrected chi connectivity index (χ0v) is 25.8. The Kier molecular flexibility index (Phi) is 12.0. The Morgan fingerprint density at radius 1 is 0.767 bits per heavy atom. The predicted octanol–water partition coefficient (Wildman–Crippen LogP) is 3.76. The summed E-state index contributed by atoms with van der Waals surface area (Å²) in [5.74, 6) is -9.07. The first-order valence-electron chi connectivity index (χ1n) is 13.4. The minimum absolute atomic E-state index is 0.315. The van der Waals surface area contributed by atoms with Crippen LogP contribution in [0.2, 0.25) is 0 Å². The molecule has 2 aromatic rings. The lowest BCUT2D eigenvalue weighted by atomic mass is 10.1. The second-order valence-electron chi connectivity index (χ2n) is 10.9. The van der Waals surface area contributed by atoms with Crippen LogP contribution in [0.5, 0.6) is 0 Å². The van der Waals surface area contributed by atoms with E-state index in [1.54, 1.807) is 67.6 Å². The second kappa shape index (κ2) is 14.6. The van der Waals surface area contributed by atoms with E-state index in [0.29, 0.717) is 17.5 Å². The largest absolute Gasteiger partial charge is 0.459 e. The average Bonchev–Trinajstić information content (AvgIpc) is 2.94. The molecule has 236 valence electrons. The van der Waals surface area contributed by atoms with E-state index >= 15 is 0 Å². The third kappa shape index (κ3) is 9.60. The second-order valence-corrected chi connectivity index (χ2v) is 12.5. The van der Waals surface area contributed by atoms with Crippen LogP contribution in [-0.2, 0) is 66.2 Å². The van der Waals surface area contributed by atoms with Crippen molar-refractivity contribution in [2.24, 2.45) is 5.92 Å². The summed E-state index contributed by atoms with van der Waals surface area (Å²) in [6.07, 6.45) is 0.315. The summed E-state index contributed by atoms with van der Waals surface area (Å²) < 4.78 is 59.0. The van der Waals surface area contributed by atoms with Crippen molar-refractivity contribution < 1.29 is 55.8 Å². The molecule has 0 saturated carbocycles. The van der Waals surface area contributed by atoms with Crippen LogP contribution in [0.15, 0.2) is 60.7 Å². The van der Waals surface area contributed by atoms with Crippen molar-refractivity contribution in [1.29, 1.82) is 0 Å². The number of rotatable bonds is 14. The molecule has 2 atom stereocenters. The van der Waals surface area contributed by atoms with Gasteiger partial charge in [-0.1, -0.05) is 74.5 Å². The monoisotopic (exact) mass is 622 g/mol. The fourth-order valence-electron chi connectivity index (χ4n) is 3.37. The number of esters is 4. The topological polar surface area (TPSA) is 169 Å². The van der Waals surface area contributed by atoms with Crippen molar-refractivity contribution in [3.8, 4) is 0 Å². The molecule has 0 heterocycles. The number of ether oxygens (including phenoxy) is 5. The first-order valence-corrected chi connectivity index (χ1v) is 14.9. The van der Waals surface area contributed by atoms with E-state index in [9.17, 15) is 32.1 Å². The van der Waals surface area contributed by atoms with E-state index in [4.69, 9.17) is 23.7 Å². The van der Waals surface area contributed by atoms with E-state index in [1.807, 2.05) is 0 Å². The van der Waals surface area contributed by atoms with Gasteiger partial charge < -0.3 is 23.7 Å². The van der Waals surface area contributed by atoms with Gasteiger partial charge in [-0.3, -0.25) is 9.35 Å². The Morgan fingerprint density at radius 2 is 1.21 bits per heavy atom. The van der Waals surface area contributed by atoms with Crippen molar-refractivity contribution in [1.82, 2.24) is 0 Å². The molecule has 2 rings (SSSR count). The fourth-order valence-corrected chi connectivity index (χ4v) is 4.11. The van der Waals surface area contributed by atoms with Gasteiger partial charge in [-0.25, -0.2) is 14.4 Å². The van der Waals surface area contributed by atoms with E-state index < -0.39 is 75.9 Å². The number of hydrogen-bond donors (Lipinski definition) is 1. The molecule has 1 N–H and O–H groups in total. The van der Waals surface area contributed by atoms with Crippen molar-refractivity contribution in [3.63, 3.8) is 0 Å². The predicted molar refractivity (Wildman–Crippen MR) is 153 cm³/mol. The maximum absolute atomic E-state index is 13.5. The number of carbonyl (C=O) groups excluding carboxylic acids is 4. The maximum Gasteiger partial charge on any atom is 0.380 e. The van der Waals surface area contributed by atoms with Crippen LogP contribution in [0, 0.1) is 5.92 Å². The highest BCUT2D eigenvalue weighted by atomic mass is 32.2. The zero-order chi connectivity index (χ0) is 32.5. The SMILES string of the molecule is CCC(C)C(=O)OC(C)(OCC(C(=O)OCc1ccccc1)(C(=O)OCc1ccccc1)S(=O)(=O)O)C(=O)OC(C)(C)C. The number of hydrogen-bond acceptors (Lipinski definition) is 11. The molecule has 43 heavy (non-hydrogen) atoms. The molecule has 0 aromatic heterocycles. The summed E-state index contributed by atoms with van der Waals surface area (Å²) in [6, 6.07) is 16.2. The van der Waals surface area contributed by atoms with Gasteiger partial charge >= 0.3 is 34.4 Å². The Morgan fingerprint density at radius 3 is 1.58 bits per heavy atom. The van der Waals surface area contributed by atoms with Crippen LogP contribution in [0.25, 0.3) is 0 Å². The van der Waals surface area contributed by atoms with Gasteiger partial charge in [0.15, 0.2) is 0 Å². The van der Waals surface area contributed by atoms with Gasteiger partial charge in [0, 0.05) is 6.92 Å². The molecule has 0 aliphatic carbocycles. The highest BCUT2D eigenvalue weighted by Crippen LogP contribution is 2.29. The number of carbonyl (C=O) groups is 4. The van der Waals surface area contributed by atoms with E-state index in [2.05, 4.69) is 0 Å². The average molecular weight is 623 g/mol. The molecular formula is C30H38O12S. The van der Waals surface area contributed by atoms with Gasteiger partial charge in [0.05, 0.1) is 12.5 Å². The molecule has 0 fully saturated rings. The molecule has 0 spiro atoms. The molecule has 2 aromatic carbocycles. The molecular weight excluding hydrogens is 584 g/mol. The molecule has 13 heteroatoms.